The molecule has 0 bridgehead atoms. The van der Waals surface area contributed by atoms with Crippen molar-refractivity contribution in [2.45, 2.75) is 6.92 Å². The zero-order valence-electron chi connectivity index (χ0n) is 12.5. The van der Waals surface area contributed by atoms with Crippen LogP contribution < -0.4 is 5.32 Å². The molecule has 0 atom stereocenters. The summed E-state index contributed by atoms with van der Waals surface area (Å²) in [4.78, 5) is 17.9. The number of anilines is 1. The van der Waals surface area contributed by atoms with E-state index in [1.54, 1.807) is 6.20 Å². The third kappa shape index (κ3) is 2.37. The average molecular weight is 318 g/mol. The second-order valence-corrected chi connectivity index (χ2v) is 6.44. The maximum absolute atomic E-state index is 12.7. The number of nitrogens with zero attached hydrogens (tertiary/aromatic N) is 1. The van der Waals surface area contributed by atoms with Gasteiger partial charge in [-0.2, -0.15) is 0 Å². The monoisotopic (exact) mass is 318 g/mol. The molecule has 3 nitrogen and oxygen atoms in total. The van der Waals surface area contributed by atoms with Crippen LogP contribution in [-0.4, -0.2) is 10.9 Å². The number of para-hydroxylation sites is 1. The lowest BCUT2D eigenvalue weighted by Crippen LogP contribution is -2.11. The molecule has 0 radical (unpaired) electrons. The molecule has 112 valence electrons. The van der Waals surface area contributed by atoms with E-state index in [4.69, 9.17) is 0 Å². The van der Waals surface area contributed by atoms with E-state index in [2.05, 4.69) is 16.4 Å². The van der Waals surface area contributed by atoms with E-state index in [0.29, 0.717) is 0 Å². The molecule has 1 amide bonds. The second kappa shape index (κ2) is 5.48. The van der Waals surface area contributed by atoms with Crippen LogP contribution in [0.2, 0.25) is 0 Å². The number of hydrogen-bond acceptors (Lipinski definition) is 3. The number of thiophene rings is 1. The van der Waals surface area contributed by atoms with Gasteiger partial charge in [-0.3, -0.25) is 9.78 Å². The fourth-order valence-corrected chi connectivity index (χ4v) is 3.88. The first-order valence-corrected chi connectivity index (χ1v) is 8.19. The highest BCUT2D eigenvalue weighted by Crippen LogP contribution is 2.31. The number of carbonyl (C=O) groups is 1. The van der Waals surface area contributed by atoms with E-state index in [9.17, 15) is 4.79 Å². The number of hydrogen-bond donors (Lipinski definition) is 1. The van der Waals surface area contributed by atoms with Crippen LogP contribution >= 0.6 is 11.3 Å². The van der Waals surface area contributed by atoms with Crippen LogP contribution in [0.3, 0.4) is 0 Å². The normalized spacial score (nSPS) is 11.0. The minimum absolute atomic E-state index is 0.0816. The van der Waals surface area contributed by atoms with Gasteiger partial charge >= 0.3 is 0 Å². The molecule has 0 saturated carbocycles. The van der Waals surface area contributed by atoms with Crippen molar-refractivity contribution in [3.05, 3.63) is 71.2 Å². The van der Waals surface area contributed by atoms with E-state index in [1.165, 1.54) is 11.3 Å². The van der Waals surface area contributed by atoms with Crippen LogP contribution in [0.25, 0.3) is 21.0 Å². The zero-order chi connectivity index (χ0) is 15.8. The second-order valence-electron chi connectivity index (χ2n) is 5.39. The van der Waals surface area contributed by atoms with Gasteiger partial charge in [0.25, 0.3) is 5.91 Å². The number of rotatable bonds is 2. The molecule has 0 aliphatic rings. The van der Waals surface area contributed by atoms with Gasteiger partial charge < -0.3 is 5.32 Å². The van der Waals surface area contributed by atoms with Crippen LogP contribution in [0.15, 0.2) is 60.8 Å². The Kier molecular flexibility index (Phi) is 3.32. The van der Waals surface area contributed by atoms with Crippen molar-refractivity contribution in [2.24, 2.45) is 0 Å². The van der Waals surface area contributed by atoms with Crippen molar-refractivity contribution in [1.82, 2.24) is 4.98 Å². The minimum Gasteiger partial charge on any atom is -0.319 e. The highest BCUT2D eigenvalue weighted by Gasteiger charge is 2.16. The van der Waals surface area contributed by atoms with Gasteiger partial charge in [0.05, 0.1) is 16.1 Å². The Morgan fingerprint density at radius 2 is 1.87 bits per heavy atom. The molecule has 2 aromatic carbocycles. The van der Waals surface area contributed by atoms with E-state index in [-0.39, 0.29) is 5.91 Å². The third-order valence-electron chi connectivity index (χ3n) is 3.93. The average Bonchev–Trinajstić information content (AvgIpc) is 2.93. The summed E-state index contributed by atoms with van der Waals surface area (Å²) in [6, 6.07) is 17.8. The van der Waals surface area contributed by atoms with Gasteiger partial charge in [0, 0.05) is 16.3 Å². The lowest BCUT2D eigenvalue weighted by atomic mass is 10.1. The first-order valence-electron chi connectivity index (χ1n) is 7.37. The number of aryl methyl sites for hydroxylation is 1. The van der Waals surface area contributed by atoms with Gasteiger partial charge in [-0.1, -0.05) is 36.4 Å². The number of fused-ring (bicyclic) bond motifs is 2. The minimum atomic E-state index is -0.0816. The van der Waals surface area contributed by atoms with Crippen molar-refractivity contribution < 1.29 is 4.79 Å². The van der Waals surface area contributed by atoms with Gasteiger partial charge in [-0.25, -0.2) is 0 Å². The Bertz CT molecular complexity index is 1030. The smallest absolute Gasteiger partial charge is 0.266 e. The Morgan fingerprint density at radius 1 is 1.04 bits per heavy atom. The van der Waals surface area contributed by atoms with Crippen LogP contribution in [0, 0.1) is 6.92 Å². The molecule has 1 N–H and O–H groups in total. The summed E-state index contributed by atoms with van der Waals surface area (Å²) in [5.41, 5.74) is 2.57. The predicted molar refractivity (Wildman–Crippen MR) is 96.3 cm³/mol. The number of pyridine rings is 1. The molecule has 0 saturated heterocycles. The molecule has 2 aromatic heterocycles. The fourth-order valence-electron chi connectivity index (χ4n) is 2.78. The summed E-state index contributed by atoms with van der Waals surface area (Å²) in [7, 11) is 0. The molecule has 4 rings (SSSR count). The van der Waals surface area contributed by atoms with E-state index in [0.717, 1.165) is 37.1 Å². The zero-order valence-corrected chi connectivity index (χ0v) is 13.4. The number of benzene rings is 2. The van der Waals surface area contributed by atoms with Crippen LogP contribution in [0.1, 0.15) is 15.2 Å². The van der Waals surface area contributed by atoms with Crippen molar-refractivity contribution in [3.63, 3.8) is 0 Å². The van der Waals surface area contributed by atoms with Gasteiger partial charge in [-0.05, 0) is 36.1 Å². The van der Waals surface area contributed by atoms with Crippen molar-refractivity contribution in [3.8, 4) is 0 Å². The molecule has 2 heterocycles. The molecule has 0 aliphatic heterocycles. The quantitative estimate of drug-likeness (QED) is 0.564. The standard InChI is InChI=1S/C19H14N2OS/c1-12-14-8-2-3-10-16(14)23-18(12)19(22)21-15-9-4-6-13-7-5-11-20-17(13)15/h2-11H,1H3,(H,21,22). The molecule has 0 fully saturated rings. The summed E-state index contributed by atoms with van der Waals surface area (Å²) < 4.78 is 1.13. The summed E-state index contributed by atoms with van der Waals surface area (Å²) in [5, 5.41) is 5.16. The number of amides is 1. The molecular weight excluding hydrogens is 304 g/mol. The Balaban J connectivity index is 1.75. The van der Waals surface area contributed by atoms with E-state index in [1.807, 2.05) is 55.5 Å². The van der Waals surface area contributed by atoms with Crippen molar-refractivity contribution in [2.75, 3.05) is 5.32 Å². The van der Waals surface area contributed by atoms with Crippen LogP contribution in [0.4, 0.5) is 5.69 Å². The first-order chi connectivity index (χ1) is 11.2. The van der Waals surface area contributed by atoms with E-state index >= 15 is 0 Å². The lowest BCUT2D eigenvalue weighted by molar-refractivity contribution is 0.103. The lowest BCUT2D eigenvalue weighted by Gasteiger charge is -2.07. The maximum atomic E-state index is 12.7. The van der Waals surface area contributed by atoms with Gasteiger partial charge in [0.2, 0.25) is 0 Å². The molecule has 0 spiro atoms. The van der Waals surface area contributed by atoms with Crippen LogP contribution in [0.5, 0.6) is 0 Å². The Hall–Kier alpha value is -2.72. The topological polar surface area (TPSA) is 42.0 Å². The summed E-state index contributed by atoms with van der Waals surface area (Å²) in [6.07, 6.45) is 1.74. The van der Waals surface area contributed by atoms with Crippen LogP contribution in [-0.2, 0) is 0 Å². The summed E-state index contributed by atoms with van der Waals surface area (Å²) in [5.74, 6) is -0.0816. The molecule has 0 aliphatic carbocycles. The third-order valence-corrected chi connectivity index (χ3v) is 5.20. The SMILES string of the molecule is Cc1c(C(=O)Nc2cccc3cccnc23)sc2ccccc12. The Labute approximate surface area is 137 Å². The number of nitrogens with one attached hydrogen (secondary N) is 1. The molecule has 0 unspecified atom stereocenters. The van der Waals surface area contributed by atoms with E-state index < -0.39 is 0 Å². The molecule has 4 heteroatoms. The fraction of sp³-hybridized carbons (Fsp3) is 0.0526. The first kappa shape index (κ1) is 13.9. The maximum Gasteiger partial charge on any atom is 0.266 e. The van der Waals surface area contributed by atoms with Gasteiger partial charge in [-0.15, -0.1) is 11.3 Å². The highest BCUT2D eigenvalue weighted by molar-refractivity contribution is 7.21. The molecule has 4 aromatic rings. The largest absolute Gasteiger partial charge is 0.319 e. The number of aromatic nitrogens is 1. The highest BCUT2D eigenvalue weighted by atomic mass is 32.1. The molecular formula is C19H14N2OS. The van der Waals surface area contributed by atoms with Gasteiger partial charge in [0.15, 0.2) is 0 Å². The Morgan fingerprint density at radius 3 is 2.74 bits per heavy atom. The van der Waals surface area contributed by atoms with Crippen molar-refractivity contribution >= 4 is 43.9 Å². The summed E-state index contributed by atoms with van der Waals surface area (Å²) in [6.45, 7) is 2.00. The van der Waals surface area contributed by atoms with Crippen molar-refractivity contribution in [1.29, 1.82) is 0 Å². The summed E-state index contributed by atoms with van der Waals surface area (Å²) >= 11 is 1.52. The number of carbonyl (C=O) groups excluding carboxylic acids is 1. The van der Waals surface area contributed by atoms with Gasteiger partial charge in [0.1, 0.15) is 0 Å². The molecule has 23 heavy (non-hydrogen) atoms. The predicted octanol–water partition coefficient (Wildman–Crippen LogP) is 5.01.